The molecule has 0 N–H and O–H groups in total. The van der Waals surface area contributed by atoms with Gasteiger partial charge in [-0.25, -0.2) is 12.8 Å². The van der Waals surface area contributed by atoms with Crippen molar-refractivity contribution in [2.24, 2.45) is 0 Å². The van der Waals surface area contributed by atoms with Crippen molar-refractivity contribution in [1.29, 1.82) is 0 Å². The normalized spacial score (nSPS) is 11.0. The number of hydrogen-bond acceptors (Lipinski definition) is 5. The Labute approximate surface area is 164 Å². The molecule has 0 saturated carbocycles. The highest BCUT2D eigenvalue weighted by Gasteiger charge is 2.25. The molecule has 0 spiro atoms. The predicted octanol–water partition coefficient (Wildman–Crippen LogP) is 2.27. The van der Waals surface area contributed by atoms with Crippen LogP contribution in [0.3, 0.4) is 0 Å². The number of carbonyl (C=O) groups is 1. The lowest BCUT2D eigenvalue weighted by molar-refractivity contribution is -0.128. The standard InChI is InChI=1S/C19H23FN2O5S/c1-21(12-14-9-10-17(26-2)18(11-14)27-3)19(23)13-22(28(4,24)25)16-8-6-5-7-15(16)20/h5-11H,12-13H2,1-4H3. The number of anilines is 1. The quantitative estimate of drug-likeness (QED) is 0.667. The zero-order chi connectivity index (χ0) is 20.9. The van der Waals surface area contributed by atoms with Crippen LogP contribution in [0.1, 0.15) is 5.56 Å². The van der Waals surface area contributed by atoms with Gasteiger partial charge in [0.1, 0.15) is 12.4 Å². The summed E-state index contributed by atoms with van der Waals surface area (Å²) in [6.45, 7) is -0.294. The Bertz CT molecular complexity index is 949. The topological polar surface area (TPSA) is 76.2 Å². The smallest absolute Gasteiger partial charge is 0.243 e. The van der Waals surface area contributed by atoms with Crippen LogP contribution in [0.4, 0.5) is 10.1 Å². The number of amides is 1. The van der Waals surface area contributed by atoms with E-state index in [-0.39, 0.29) is 12.2 Å². The zero-order valence-electron chi connectivity index (χ0n) is 16.2. The summed E-state index contributed by atoms with van der Waals surface area (Å²) < 4.78 is 49.5. The number of sulfonamides is 1. The van der Waals surface area contributed by atoms with Crippen LogP contribution in [0.15, 0.2) is 42.5 Å². The summed E-state index contributed by atoms with van der Waals surface area (Å²) in [6, 6.07) is 10.6. The lowest BCUT2D eigenvalue weighted by Crippen LogP contribution is -2.41. The third-order valence-corrected chi connectivity index (χ3v) is 5.22. The molecule has 0 bridgehead atoms. The highest BCUT2D eigenvalue weighted by atomic mass is 32.2. The van der Waals surface area contributed by atoms with Crippen LogP contribution in [-0.4, -0.2) is 53.3 Å². The van der Waals surface area contributed by atoms with Gasteiger partial charge < -0.3 is 14.4 Å². The summed E-state index contributed by atoms with van der Waals surface area (Å²) in [4.78, 5) is 14.0. The molecule has 0 radical (unpaired) electrons. The van der Waals surface area contributed by atoms with Gasteiger partial charge in [-0.2, -0.15) is 0 Å². The van der Waals surface area contributed by atoms with Gasteiger partial charge in [-0.05, 0) is 29.8 Å². The monoisotopic (exact) mass is 410 g/mol. The number of likely N-dealkylation sites (N-methyl/N-ethyl adjacent to an activating group) is 1. The van der Waals surface area contributed by atoms with E-state index in [0.29, 0.717) is 11.5 Å². The van der Waals surface area contributed by atoms with Gasteiger partial charge in [-0.1, -0.05) is 18.2 Å². The first-order valence-electron chi connectivity index (χ1n) is 8.34. The van der Waals surface area contributed by atoms with Gasteiger partial charge in [0.25, 0.3) is 0 Å². The van der Waals surface area contributed by atoms with Crippen molar-refractivity contribution in [2.45, 2.75) is 6.54 Å². The maximum absolute atomic E-state index is 14.1. The van der Waals surface area contributed by atoms with Crippen molar-refractivity contribution in [2.75, 3.05) is 38.4 Å². The Morgan fingerprint density at radius 1 is 1.07 bits per heavy atom. The van der Waals surface area contributed by atoms with Gasteiger partial charge in [0, 0.05) is 13.6 Å². The molecule has 0 aromatic heterocycles. The lowest BCUT2D eigenvalue weighted by atomic mass is 10.2. The van der Waals surface area contributed by atoms with E-state index in [9.17, 15) is 17.6 Å². The van der Waals surface area contributed by atoms with E-state index >= 15 is 0 Å². The van der Waals surface area contributed by atoms with Gasteiger partial charge in [0.05, 0.1) is 26.2 Å². The molecule has 28 heavy (non-hydrogen) atoms. The fourth-order valence-corrected chi connectivity index (χ4v) is 3.47. The number of carbonyl (C=O) groups excluding carboxylic acids is 1. The fraction of sp³-hybridized carbons (Fsp3) is 0.316. The molecule has 0 saturated heterocycles. The molecule has 0 unspecified atom stereocenters. The average Bonchev–Trinajstić information content (AvgIpc) is 2.65. The molecular weight excluding hydrogens is 387 g/mol. The minimum Gasteiger partial charge on any atom is -0.493 e. The molecule has 0 aliphatic heterocycles. The van der Waals surface area contributed by atoms with E-state index in [1.807, 2.05) is 0 Å². The molecule has 0 aliphatic carbocycles. The van der Waals surface area contributed by atoms with Gasteiger partial charge >= 0.3 is 0 Å². The molecule has 0 heterocycles. The van der Waals surface area contributed by atoms with Crippen LogP contribution in [0.2, 0.25) is 0 Å². The molecule has 1 amide bonds. The lowest BCUT2D eigenvalue weighted by Gasteiger charge is -2.25. The number of ether oxygens (including phenoxy) is 2. The van der Waals surface area contributed by atoms with Crippen molar-refractivity contribution in [3.63, 3.8) is 0 Å². The third-order valence-electron chi connectivity index (χ3n) is 4.09. The summed E-state index contributed by atoms with van der Waals surface area (Å²) in [5.74, 6) is -0.125. The predicted molar refractivity (Wildman–Crippen MR) is 105 cm³/mol. The van der Waals surface area contributed by atoms with Crippen molar-refractivity contribution in [3.8, 4) is 11.5 Å². The highest BCUT2D eigenvalue weighted by Crippen LogP contribution is 2.28. The highest BCUT2D eigenvalue weighted by molar-refractivity contribution is 7.92. The van der Waals surface area contributed by atoms with E-state index < -0.39 is 28.3 Å². The molecule has 2 rings (SSSR count). The number of methoxy groups -OCH3 is 2. The Morgan fingerprint density at radius 2 is 1.71 bits per heavy atom. The van der Waals surface area contributed by atoms with Crippen molar-refractivity contribution in [3.05, 3.63) is 53.8 Å². The molecular formula is C19H23FN2O5S. The fourth-order valence-electron chi connectivity index (χ4n) is 2.62. The van der Waals surface area contributed by atoms with Gasteiger partial charge in [0.2, 0.25) is 15.9 Å². The second-order valence-corrected chi connectivity index (χ2v) is 8.07. The van der Waals surface area contributed by atoms with E-state index in [4.69, 9.17) is 9.47 Å². The maximum Gasteiger partial charge on any atom is 0.243 e. The third kappa shape index (κ3) is 5.13. The number of benzene rings is 2. The first kappa shape index (κ1) is 21.5. The Kier molecular flexibility index (Phi) is 6.85. The average molecular weight is 410 g/mol. The van der Waals surface area contributed by atoms with E-state index in [2.05, 4.69) is 0 Å². The Balaban J connectivity index is 2.19. The second kappa shape index (κ2) is 8.92. The molecule has 0 atom stereocenters. The number of halogens is 1. The summed E-state index contributed by atoms with van der Waals surface area (Å²) in [7, 11) is 0.723. The Morgan fingerprint density at radius 3 is 2.29 bits per heavy atom. The summed E-state index contributed by atoms with van der Waals surface area (Å²) in [6.07, 6.45) is 0.932. The Hall–Kier alpha value is -2.81. The van der Waals surface area contributed by atoms with Gasteiger partial charge in [-0.15, -0.1) is 0 Å². The minimum atomic E-state index is -3.85. The minimum absolute atomic E-state index is 0.169. The largest absolute Gasteiger partial charge is 0.493 e. The number of rotatable bonds is 8. The van der Waals surface area contributed by atoms with Gasteiger partial charge in [0.15, 0.2) is 11.5 Å². The number of para-hydroxylation sites is 1. The van der Waals surface area contributed by atoms with Crippen LogP contribution in [0, 0.1) is 5.82 Å². The molecule has 0 aliphatic rings. The van der Waals surface area contributed by atoms with Crippen molar-refractivity contribution in [1.82, 2.24) is 4.90 Å². The summed E-state index contributed by atoms with van der Waals surface area (Å²) in [5.41, 5.74) is 0.600. The maximum atomic E-state index is 14.1. The van der Waals surface area contributed by atoms with Gasteiger partial charge in [-0.3, -0.25) is 9.10 Å². The van der Waals surface area contributed by atoms with E-state index in [1.54, 1.807) is 25.2 Å². The summed E-state index contributed by atoms with van der Waals surface area (Å²) >= 11 is 0. The van der Waals surface area contributed by atoms with Crippen LogP contribution in [-0.2, 0) is 21.4 Å². The van der Waals surface area contributed by atoms with Crippen LogP contribution in [0.5, 0.6) is 11.5 Å². The van der Waals surface area contributed by atoms with Crippen LogP contribution in [0.25, 0.3) is 0 Å². The molecule has 2 aromatic carbocycles. The van der Waals surface area contributed by atoms with Crippen molar-refractivity contribution < 1.29 is 27.1 Å². The molecule has 152 valence electrons. The van der Waals surface area contributed by atoms with Crippen molar-refractivity contribution >= 4 is 21.6 Å². The first-order valence-corrected chi connectivity index (χ1v) is 10.2. The number of hydrogen-bond donors (Lipinski definition) is 0. The number of nitrogens with zero attached hydrogens (tertiary/aromatic N) is 2. The zero-order valence-corrected chi connectivity index (χ0v) is 17.0. The first-order chi connectivity index (χ1) is 13.2. The van der Waals surface area contributed by atoms with Crippen LogP contribution >= 0.6 is 0 Å². The van der Waals surface area contributed by atoms with E-state index in [0.717, 1.165) is 22.2 Å². The molecule has 0 fully saturated rings. The molecule has 9 heteroatoms. The molecule has 7 nitrogen and oxygen atoms in total. The molecule has 2 aromatic rings. The second-order valence-electron chi connectivity index (χ2n) is 6.16. The van der Waals surface area contributed by atoms with E-state index in [1.165, 1.54) is 37.3 Å². The summed E-state index contributed by atoms with van der Waals surface area (Å²) in [5, 5.41) is 0. The van der Waals surface area contributed by atoms with Crippen LogP contribution < -0.4 is 13.8 Å². The SMILES string of the molecule is COc1ccc(CN(C)C(=O)CN(c2ccccc2F)S(C)(=O)=O)cc1OC.